The molecule has 0 aromatic carbocycles. The highest BCUT2D eigenvalue weighted by Gasteiger charge is 2.39. The minimum Gasteiger partial charge on any atom is -0.341 e. The monoisotopic (exact) mass is 302 g/mol. The highest BCUT2D eigenvalue weighted by Crippen LogP contribution is 2.35. The van der Waals surface area contributed by atoms with Gasteiger partial charge in [0.25, 0.3) is 0 Å². The SMILES string of the molecule is CC1(C(=O)N2CCC(C(C)(C)C)CC2)CCCCN1.Cl. The van der Waals surface area contributed by atoms with Gasteiger partial charge in [0.2, 0.25) is 5.91 Å². The second-order valence-corrected chi connectivity index (χ2v) is 7.65. The molecule has 0 aromatic rings. The van der Waals surface area contributed by atoms with E-state index >= 15 is 0 Å². The maximum Gasteiger partial charge on any atom is 0.242 e. The Labute approximate surface area is 130 Å². The van der Waals surface area contributed by atoms with Crippen LogP contribution in [0.3, 0.4) is 0 Å². The van der Waals surface area contributed by atoms with Gasteiger partial charge in [-0.15, -0.1) is 12.4 Å². The highest BCUT2D eigenvalue weighted by molar-refractivity contribution is 5.86. The van der Waals surface area contributed by atoms with Crippen LogP contribution in [0.15, 0.2) is 0 Å². The summed E-state index contributed by atoms with van der Waals surface area (Å²) in [6.07, 6.45) is 5.68. The average Bonchev–Trinajstić information content (AvgIpc) is 2.38. The molecule has 0 spiro atoms. The van der Waals surface area contributed by atoms with Crippen molar-refractivity contribution < 1.29 is 4.79 Å². The number of nitrogens with one attached hydrogen (secondary N) is 1. The van der Waals surface area contributed by atoms with Crippen LogP contribution in [0.2, 0.25) is 0 Å². The molecule has 2 aliphatic heterocycles. The minimum atomic E-state index is -0.299. The molecule has 1 atom stereocenters. The van der Waals surface area contributed by atoms with Crippen molar-refractivity contribution in [2.45, 2.75) is 65.3 Å². The molecule has 2 heterocycles. The van der Waals surface area contributed by atoms with E-state index in [1.54, 1.807) is 0 Å². The molecule has 118 valence electrons. The molecule has 0 bridgehead atoms. The molecule has 0 radical (unpaired) electrons. The minimum absolute atomic E-state index is 0. The molecule has 4 heteroatoms. The fraction of sp³-hybridized carbons (Fsp3) is 0.938. The maximum atomic E-state index is 12.7. The van der Waals surface area contributed by atoms with Crippen LogP contribution < -0.4 is 5.32 Å². The quantitative estimate of drug-likeness (QED) is 0.806. The van der Waals surface area contributed by atoms with E-state index in [0.717, 1.165) is 44.8 Å². The zero-order chi connectivity index (χ0) is 14.1. The largest absolute Gasteiger partial charge is 0.341 e. The van der Waals surface area contributed by atoms with Crippen molar-refractivity contribution in [1.29, 1.82) is 0 Å². The third kappa shape index (κ3) is 3.88. The van der Waals surface area contributed by atoms with Crippen molar-refractivity contribution in [3.63, 3.8) is 0 Å². The number of likely N-dealkylation sites (tertiary alicyclic amines) is 1. The van der Waals surface area contributed by atoms with Gasteiger partial charge in [0.1, 0.15) is 0 Å². The zero-order valence-corrected chi connectivity index (χ0v) is 14.3. The smallest absolute Gasteiger partial charge is 0.242 e. The molecular weight excluding hydrogens is 272 g/mol. The van der Waals surface area contributed by atoms with Gasteiger partial charge in [-0.25, -0.2) is 0 Å². The molecule has 1 N–H and O–H groups in total. The number of piperidine rings is 2. The molecule has 2 aliphatic rings. The topological polar surface area (TPSA) is 32.3 Å². The average molecular weight is 303 g/mol. The van der Waals surface area contributed by atoms with Gasteiger partial charge < -0.3 is 10.2 Å². The van der Waals surface area contributed by atoms with E-state index in [1.165, 1.54) is 12.8 Å². The first kappa shape index (κ1) is 17.8. The molecule has 3 nitrogen and oxygen atoms in total. The number of hydrogen-bond donors (Lipinski definition) is 1. The fourth-order valence-electron chi connectivity index (χ4n) is 3.54. The van der Waals surface area contributed by atoms with Crippen LogP contribution in [-0.2, 0) is 4.79 Å². The molecule has 2 fully saturated rings. The second kappa shape index (κ2) is 6.65. The van der Waals surface area contributed by atoms with Crippen LogP contribution in [0.25, 0.3) is 0 Å². The summed E-state index contributed by atoms with van der Waals surface area (Å²) in [6.45, 7) is 11.9. The molecule has 0 aromatic heterocycles. The van der Waals surface area contributed by atoms with E-state index < -0.39 is 0 Å². The summed E-state index contributed by atoms with van der Waals surface area (Å²) in [5.74, 6) is 1.09. The molecule has 0 saturated carbocycles. The van der Waals surface area contributed by atoms with Gasteiger partial charge >= 0.3 is 0 Å². The number of carbonyl (C=O) groups excluding carboxylic acids is 1. The van der Waals surface area contributed by atoms with Crippen molar-refractivity contribution in [3.05, 3.63) is 0 Å². The Morgan fingerprint density at radius 2 is 1.80 bits per heavy atom. The lowest BCUT2D eigenvalue weighted by molar-refractivity contribution is -0.140. The molecule has 1 unspecified atom stereocenters. The van der Waals surface area contributed by atoms with Gasteiger partial charge in [0.15, 0.2) is 0 Å². The summed E-state index contributed by atoms with van der Waals surface area (Å²) in [5.41, 5.74) is 0.0783. The van der Waals surface area contributed by atoms with Crippen molar-refractivity contribution in [2.24, 2.45) is 11.3 Å². The van der Waals surface area contributed by atoms with Crippen LogP contribution in [0.5, 0.6) is 0 Å². The predicted molar refractivity (Wildman–Crippen MR) is 86.3 cm³/mol. The molecule has 1 amide bonds. The molecule has 20 heavy (non-hydrogen) atoms. The Morgan fingerprint density at radius 1 is 1.20 bits per heavy atom. The van der Waals surface area contributed by atoms with Crippen LogP contribution in [-0.4, -0.2) is 36.0 Å². The van der Waals surface area contributed by atoms with Crippen molar-refractivity contribution in [2.75, 3.05) is 19.6 Å². The van der Waals surface area contributed by atoms with Gasteiger partial charge in [-0.05, 0) is 56.9 Å². The van der Waals surface area contributed by atoms with E-state index in [4.69, 9.17) is 0 Å². The van der Waals surface area contributed by atoms with Gasteiger partial charge in [-0.3, -0.25) is 4.79 Å². The molecule has 0 aliphatic carbocycles. The first-order chi connectivity index (χ1) is 8.83. The lowest BCUT2D eigenvalue weighted by atomic mass is 9.75. The standard InChI is InChI=1S/C16H30N2O.ClH/c1-15(2,3)13-7-11-18(12-8-13)14(19)16(4)9-5-6-10-17-16;/h13,17H,5-12H2,1-4H3;1H. The molecular formula is C16H31ClN2O. The first-order valence-corrected chi connectivity index (χ1v) is 7.87. The van der Waals surface area contributed by atoms with Crippen molar-refractivity contribution in [3.8, 4) is 0 Å². The molecule has 2 rings (SSSR count). The number of halogens is 1. The Bertz CT molecular complexity index is 324. The van der Waals surface area contributed by atoms with Gasteiger partial charge in [-0.2, -0.15) is 0 Å². The summed E-state index contributed by atoms with van der Waals surface area (Å²) in [7, 11) is 0. The third-order valence-electron chi connectivity index (χ3n) is 5.10. The fourth-order valence-corrected chi connectivity index (χ4v) is 3.54. The number of carbonyl (C=O) groups is 1. The predicted octanol–water partition coefficient (Wildman–Crippen LogP) is 3.23. The Kier molecular flexibility index (Phi) is 5.91. The van der Waals surface area contributed by atoms with Crippen molar-refractivity contribution in [1.82, 2.24) is 10.2 Å². The zero-order valence-electron chi connectivity index (χ0n) is 13.5. The van der Waals surface area contributed by atoms with E-state index in [0.29, 0.717) is 11.3 Å². The summed E-state index contributed by atoms with van der Waals surface area (Å²) >= 11 is 0. The first-order valence-electron chi connectivity index (χ1n) is 7.87. The Hall–Kier alpha value is -0.280. The van der Waals surface area contributed by atoms with Crippen molar-refractivity contribution >= 4 is 18.3 Å². The number of nitrogens with zero attached hydrogens (tertiary/aromatic N) is 1. The van der Waals surface area contributed by atoms with E-state index in [9.17, 15) is 4.79 Å². The molecule has 2 saturated heterocycles. The summed E-state index contributed by atoms with van der Waals surface area (Å²) in [6, 6.07) is 0. The van der Waals surface area contributed by atoms with Gasteiger partial charge in [-0.1, -0.05) is 20.8 Å². The van der Waals surface area contributed by atoms with Crippen LogP contribution >= 0.6 is 12.4 Å². The Morgan fingerprint density at radius 3 is 2.25 bits per heavy atom. The van der Waals surface area contributed by atoms with Gasteiger partial charge in [0, 0.05) is 13.1 Å². The lowest BCUT2D eigenvalue weighted by Gasteiger charge is -2.43. The Balaban J connectivity index is 0.00000200. The lowest BCUT2D eigenvalue weighted by Crippen LogP contribution is -2.59. The highest BCUT2D eigenvalue weighted by atomic mass is 35.5. The maximum absolute atomic E-state index is 12.7. The van der Waals surface area contributed by atoms with E-state index in [1.807, 2.05) is 0 Å². The van der Waals surface area contributed by atoms with E-state index in [2.05, 4.69) is 37.9 Å². The number of amides is 1. The second-order valence-electron chi connectivity index (χ2n) is 7.65. The number of rotatable bonds is 1. The summed E-state index contributed by atoms with van der Waals surface area (Å²) in [4.78, 5) is 14.8. The normalized spacial score (nSPS) is 28.9. The third-order valence-corrected chi connectivity index (χ3v) is 5.10. The summed E-state index contributed by atoms with van der Waals surface area (Å²) in [5, 5.41) is 3.44. The number of hydrogen-bond acceptors (Lipinski definition) is 2. The van der Waals surface area contributed by atoms with Crippen LogP contribution in [0.4, 0.5) is 0 Å². The van der Waals surface area contributed by atoms with Crippen LogP contribution in [0, 0.1) is 11.3 Å². The summed E-state index contributed by atoms with van der Waals surface area (Å²) < 4.78 is 0. The van der Waals surface area contributed by atoms with E-state index in [-0.39, 0.29) is 17.9 Å². The van der Waals surface area contributed by atoms with Gasteiger partial charge in [0.05, 0.1) is 5.54 Å². The van der Waals surface area contributed by atoms with Crippen LogP contribution in [0.1, 0.15) is 59.8 Å².